The van der Waals surface area contributed by atoms with Crippen LogP contribution in [0.5, 0.6) is 5.75 Å². The normalized spacial score (nSPS) is 15.6. The van der Waals surface area contributed by atoms with Crippen LogP contribution < -0.4 is 9.64 Å². The predicted molar refractivity (Wildman–Crippen MR) is 111 cm³/mol. The summed E-state index contributed by atoms with van der Waals surface area (Å²) in [5.74, 6) is -0.207. The monoisotopic (exact) mass is 379 g/mol. The molecule has 146 valence electrons. The van der Waals surface area contributed by atoms with Gasteiger partial charge in [0.05, 0.1) is 7.11 Å². The molecular weight excluding hydrogens is 354 g/mol. The molecule has 0 saturated carbocycles. The maximum Gasteiger partial charge on any atom is 0.328 e. The molecule has 0 saturated heterocycles. The molecule has 0 aromatic heterocycles. The molecule has 0 bridgehead atoms. The van der Waals surface area contributed by atoms with Crippen molar-refractivity contribution in [3.05, 3.63) is 53.1 Å². The van der Waals surface area contributed by atoms with Crippen LogP contribution in [0.15, 0.2) is 36.4 Å². The Morgan fingerprint density at radius 2 is 1.93 bits per heavy atom. The first-order valence-electron chi connectivity index (χ1n) is 9.15. The van der Waals surface area contributed by atoms with E-state index < -0.39 is 5.97 Å². The van der Waals surface area contributed by atoms with E-state index in [1.165, 1.54) is 0 Å². The van der Waals surface area contributed by atoms with Gasteiger partial charge in [0.2, 0.25) is 5.91 Å². The summed E-state index contributed by atoms with van der Waals surface area (Å²) in [6.07, 6.45) is 3.14. The molecule has 2 aromatic carbocycles. The Balaban J connectivity index is 2.21. The van der Waals surface area contributed by atoms with Crippen LogP contribution in [-0.2, 0) is 15.0 Å². The van der Waals surface area contributed by atoms with Crippen LogP contribution in [0, 0.1) is 6.92 Å². The number of ether oxygens (including phenoxy) is 1. The molecule has 1 N–H and O–H groups in total. The van der Waals surface area contributed by atoms with Gasteiger partial charge in [-0.25, -0.2) is 4.79 Å². The minimum Gasteiger partial charge on any atom is -0.496 e. The number of carbonyl (C=O) groups is 2. The molecule has 0 unspecified atom stereocenters. The largest absolute Gasteiger partial charge is 0.496 e. The first kappa shape index (κ1) is 19.7. The molecule has 2 aromatic rings. The van der Waals surface area contributed by atoms with Crippen LogP contribution in [0.3, 0.4) is 0 Å². The Labute approximate surface area is 165 Å². The van der Waals surface area contributed by atoms with E-state index in [0.717, 1.165) is 39.6 Å². The highest BCUT2D eigenvalue weighted by molar-refractivity contribution is 5.98. The molecule has 28 heavy (non-hydrogen) atoms. The topological polar surface area (TPSA) is 66.8 Å². The summed E-state index contributed by atoms with van der Waals surface area (Å²) in [4.78, 5) is 25.0. The summed E-state index contributed by atoms with van der Waals surface area (Å²) in [5.41, 5.74) is 5.48. The molecule has 1 heterocycles. The number of benzene rings is 2. The van der Waals surface area contributed by atoms with Gasteiger partial charge >= 0.3 is 5.97 Å². The minimum absolute atomic E-state index is 0.0948. The van der Waals surface area contributed by atoms with Gasteiger partial charge in [-0.05, 0) is 53.5 Å². The Morgan fingerprint density at radius 3 is 2.57 bits per heavy atom. The zero-order valence-electron chi connectivity index (χ0n) is 16.9. The number of carbonyl (C=O) groups excluding carboxylic acids is 1. The van der Waals surface area contributed by atoms with Crippen LogP contribution in [0.2, 0.25) is 0 Å². The molecule has 0 atom stereocenters. The van der Waals surface area contributed by atoms with E-state index in [1.807, 2.05) is 31.2 Å². The zero-order valence-corrected chi connectivity index (χ0v) is 16.9. The van der Waals surface area contributed by atoms with Gasteiger partial charge in [0.15, 0.2) is 0 Å². The third-order valence-electron chi connectivity index (χ3n) is 5.33. The molecule has 0 radical (unpaired) electrons. The molecular formula is C23H25NO4. The van der Waals surface area contributed by atoms with Gasteiger partial charge < -0.3 is 14.7 Å². The average molecular weight is 379 g/mol. The third-order valence-corrected chi connectivity index (χ3v) is 5.33. The fourth-order valence-electron chi connectivity index (χ4n) is 3.74. The SMILES string of the molecule is COc1ccc(C=CC(=O)O)cc1-c1cc2c(cc1C)C(C)(C)CC(=O)N2C. The van der Waals surface area contributed by atoms with Crippen LogP contribution in [0.4, 0.5) is 5.69 Å². The maximum atomic E-state index is 12.5. The lowest BCUT2D eigenvalue weighted by Crippen LogP contribution is -2.39. The van der Waals surface area contributed by atoms with Crippen molar-refractivity contribution in [2.24, 2.45) is 0 Å². The van der Waals surface area contributed by atoms with E-state index >= 15 is 0 Å². The Morgan fingerprint density at radius 1 is 1.21 bits per heavy atom. The van der Waals surface area contributed by atoms with Crippen molar-refractivity contribution in [2.45, 2.75) is 32.6 Å². The highest BCUT2D eigenvalue weighted by atomic mass is 16.5. The minimum atomic E-state index is -0.996. The van der Waals surface area contributed by atoms with E-state index in [2.05, 4.69) is 19.9 Å². The van der Waals surface area contributed by atoms with Gasteiger partial charge in [-0.1, -0.05) is 26.0 Å². The van der Waals surface area contributed by atoms with Gasteiger partial charge in [-0.3, -0.25) is 4.79 Å². The summed E-state index contributed by atoms with van der Waals surface area (Å²) in [6, 6.07) is 9.73. The lowest BCUT2D eigenvalue weighted by Gasteiger charge is -2.37. The quantitative estimate of drug-likeness (QED) is 0.799. The van der Waals surface area contributed by atoms with Crippen molar-refractivity contribution in [3.8, 4) is 16.9 Å². The van der Waals surface area contributed by atoms with Gasteiger partial charge in [-0.15, -0.1) is 0 Å². The summed E-state index contributed by atoms with van der Waals surface area (Å²) in [5, 5.41) is 8.89. The van der Waals surface area contributed by atoms with Gasteiger partial charge in [0.25, 0.3) is 0 Å². The van der Waals surface area contributed by atoms with Crippen molar-refractivity contribution in [3.63, 3.8) is 0 Å². The highest BCUT2D eigenvalue weighted by Gasteiger charge is 2.35. The number of aryl methyl sites for hydroxylation is 1. The number of hydrogen-bond acceptors (Lipinski definition) is 3. The Bertz CT molecular complexity index is 988. The van der Waals surface area contributed by atoms with Gasteiger partial charge in [0, 0.05) is 36.2 Å². The molecule has 1 aliphatic heterocycles. The first-order chi connectivity index (χ1) is 13.1. The van der Waals surface area contributed by atoms with Crippen LogP contribution in [-0.4, -0.2) is 31.1 Å². The first-order valence-corrected chi connectivity index (χ1v) is 9.15. The molecule has 0 aliphatic carbocycles. The number of carboxylic acid groups (broad SMARTS) is 1. The predicted octanol–water partition coefficient (Wildman–Crippen LogP) is 4.41. The van der Waals surface area contributed by atoms with E-state index in [9.17, 15) is 9.59 Å². The molecule has 0 fully saturated rings. The van der Waals surface area contributed by atoms with E-state index in [1.54, 1.807) is 25.1 Å². The average Bonchev–Trinajstić information content (AvgIpc) is 2.64. The highest BCUT2D eigenvalue weighted by Crippen LogP contribution is 2.44. The van der Waals surface area contributed by atoms with Crippen molar-refractivity contribution in [2.75, 3.05) is 19.1 Å². The fourth-order valence-corrected chi connectivity index (χ4v) is 3.74. The van der Waals surface area contributed by atoms with Crippen LogP contribution in [0.25, 0.3) is 17.2 Å². The number of amides is 1. The molecule has 5 nitrogen and oxygen atoms in total. The number of carboxylic acids is 1. The second-order valence-corrected chi connectivity index (χ2v) is 7.83. The van der Waals surface area contributed by atoms with Crippen molar-refractivity contribution in [1.82, 2.24) is 0 Å². The number of nitrogens with zero attached hydrogens (tertiary/aromatic N) is 1. The zero-order chi connectivity index (χ0) is 20.6. The number of anilines is 1. The fraction of sp³-hybridized carbons (Fsp3) is 0.304. The molecule has 0 spiro atoms. The number of fused-ring (bicyclic) bond motifs is 1. The Hall–Kier alpha value is -3.08. The number of aliphatic carboxylic acids is 1. The lowest BCUT2D eigenvalue weighted by molar-refractivity contribution is -0.131. The van der Waals surface area contributed by atoms with E-state index in [0.29, 0.717) is 12.2 Å². The number of hydrogen-bond donors (Lipinski definition) is 1. The van der Waals surface area contributed by atoms with E-state index in [-0.39, 0.29) is 11.3 Å². The number of rotatable bonds is 4. The standard InChI is InChI=1S/C23H25NO4/c1-14-10-18-19(24(4)21(25)13-23(18,2)3)12-16(14)17-11-15(7-9-22(26)27)6-8-20(17)28-5/h6-12H,13H2,1-5H3,(H,26,27). The lowest BCUT2D eigenvalue weighted by atomic mass is 9.76. The van der Waals surface area contributed by atoms with Crippen LogP contribution in [0.1, 0.15) is 37.0 Å². The molecule has 1 amide bonds. The maximum absolute atomic E-state index is 12.5. The summed E-state index contributed by atoms with van der Waals surface area (Å²) < 4.78 is 5.55. The molecule has 1 aliphatic rings. The van der Waals surface area contributed by atoms with Crippen molar-refractivity contribution in [1.29, 1.82) is 0 Å². The Kier molecular flexibility index (Phi) is 5.02. The van der Waals surface area contributed by atoms with Crippen molar-refractivity contribution >= 4 is 23.6 Å². The molecule has 3 rings (SSSR count). The van der Waals surface area contributed by atoms with Gasteiger partial charge in [0.1, 0.15) is 5.75 Å². The third kappa shape index (κ3) is 3.52. The second kappa shape index (κ2) is 7.15. The number of methoxy groups -OCH3 is 1. The van der Waals surface area contributed by atoms with Crippen LogP contribution >= 0.6 is 0 Å². The summed E-state index contributed by atoms with van der Waals surface area (Å²) >= 11 is 0. The second-order valence-electron chi connectivity index (χ2n) is 7.83. The molecule has 5 heteroatoms. The summed E-state index contributed by atoms with van der Waals surface area (Å²) in [6.45, 7) is 6.23. The smallest absolute Gasteiger partial charge is 0.328 e. The van der Waals surface area contributed by atoms with Crippen molar-refractivity contribution < 1.29 is 19.4 Å². The van der Waals surface area contributed by atoms with Gasteiger partial charge in [-0.2, -0.15) is 0 Å². The summed E-state index contributed by atoms with van der Waals surface area (Å²) in [7, 11) is 3.41. The van der Waals surface area contributed by atoms with E-state index in [4.69, 9.17) is 9.84 Å².